The van der Waals surface area contributed by atoms with Crippen molar-refractivity contribution in [3.8, 4) is 10.8 Å². The van der Waals surface area contributed by atoms with Crippen LogP contribution in [0.3, 0.4) is 0 Å². The largest absolute Gasteiger partial charge is 0.459 e. The van der Waals surface area contributed by atoms with E-state index in [0.717, 1.165) is 22.8 Å². The minimum atomic E-state index is -0.103. The van der Waals surface area contributed by atoms with Gasteiger partial charge in [0.15, 0.2) is 10.8 Å². The molecule has 0 spiro atoms. The first kappa shape index (κ1) is 16.7. The minimum absolute atomic E-state index is 0.103. The quantitative estimate of drug-likeness (QED) is 0.720. The summed E-state index contributed by atoms with van der Waals surface area (Å²) >= 11 is 7.21. The van der Waals surface area contributed by atoms with Gasteiger partial charge in [-0.05, 0) is 50.1 Å². The fourth-order valence-corrected chi connectivity index (χ4v) is 3.38. The van der Waals surface area contributed by atoms with E-state index >= 15 is 0 Å². The van der Waals surface area contributed by atoms with Gasteiger partial charge >= 0.3 is 0 Å². The van der Waals surface area contributed by atoms with Crippen LogP contribution in [0.4, 0.5) is 0 Å². The summed E-state index contributed by atoms with van der Waals surface area (Å²) in [4.78, 5) is 17.4. The molecule has 0 aliphatic carbocycles. The third kappa shape index (κ3) is 3.86. The van der Waals surface area contributed by atoms with Crippen molar-refractivity contribution in [3.05, 3.63) is 63.3 Å². The molecule has 0 saturated carbocycles. The molecule has 3 aromatic rings. The molecule has 0 fully saturated rings. The van der Waals surface area contributed by atoms with Crippen molar-refractivity contribution in [2.75, 3.05) is 6.54 Å². The van der Waals surface area contributed by atoms with Gasteiger partial charge in [-0.1, -0.05) is 23.7 Å². The molecule has 2 heterocycles. The number of thiazole rings is 1. The molecule has 0 radical (unpaired) electrons. The minimum Gasteiger partial charge on any atom is -0.459 e. The highest BCUT2D eigenvalue weighted by Gasteiger charge is 2.17. The second kappa shape index (κ2) is 7.20. The van der Waals surface area contributed by atoms with Gasteiger partial charge in [-0.25, -0.2) is 4.98 Å². The van der Waals surface area contributed by atoms with Gasteiger partial charge in [-0.3, -0.25) is 4.79 Å². The molecule has 0 aliphatic heterocycles. The number of aryl methyl sites for hydroxylation is 2. The van der Waals surface area contributed by atoms with Gasteiger partial charge in [0.25, 0.3) is 5.91 Å². The molecule has 2 aromatic heterocycles. The molecule has 0 unspecified atom stereocenters. The zero-order valence-electron chi connectivity index (χ0n) is 13.4. The van der Waals surface area contributed by atoms with Gasteiger partial charge in [0.05, 0.1) is 5.69 Å². The highest BCUT2D eigenvalue weighted by molar-refractivity contribution is 7.17. The molecular formula is C18H17ClN2O2S. The van der Waals surface area contributed by atoms with Crippen LogP contribution in [-0.2, 0) is 6.42 Å². The monoisotopic (exact) mass is 360 g/mol. The molecule has 1 aromatic carbocycles. The number of benzene rings is 1. The standard InChI is InChI=1S/C18H17ClN2O2S/c1-11-3-8-15(23-11)18-21-12(2)16(24-18)17(22)20-10-9-13-4-6-14(19)7-5-13/h3-8H,9-10H2,1-2H3,(H,20,22). The average Bonchev–Trinajstić information content (AvgIpc) is 3.15. The summed E-state index contributed by atoms with van der Waals surface area (Å²) in [6.45, 7) is 4.28. The highest BCUT2D eigenvalue weighted by Crippen LogP contribution is 2.29. The van der Waals surface area contributed by atoms with Crippen molar-refractivity contribution in [2.24, 2.45) is 0 Å². The molecule has 6 heteroatoms. The molecular weight excluding hydrogens is 344 g/mol. The predicted octanol–water partition coefficient (Wildman–Crippen LogP) is 4.65. The molecule has 1 amide bonds. The average molecular weight is 361 g/mol. The fourth-order valence-electron chi connectivity index (χ4n) is 2.31. The molecule has 24 heavy (non-hydrogen) atoms. The first-order valence-corrected chi connectivity index (χ1v) is 8.79. The molecule has 0 aliphatic rings. The van der Waals surface area contributed by atoms with Crippen LogP contribution in [0.5, 0.6) is 0 Å². The van der Waals surface area contributed by atoms with Crippen LogP contribution < -0.4 is 5.32 Å². The lowest BCUT2D eigenvalue weighted by atomic mass is 10.1. The van der Waals surface area contributed by atoms with Crippen LogP contribution in [-0.4, -0.2) is 17.4 Å². The third-order valence-corrected chi connectivity index (χ3v) is 4.99. The fraction of sp³-hybridized carbons (Fsp3) is 0.222. The van der Waals surface area contributed by atoms with Crippen molar-refractivity contribution in [2.45, 2.75) is 20.3 Å². The van der Waals surface area contributed by atoms with Crippen molar-refractivity contribution in [1.29, 1.82) is 0 Å². The normalized spacial score (nSPS) is 10.8. The molecule has 1 N–H and O–H groups in total. The van der Waals surface area contributed by atoms with E-state index in [9.17, 15) is 4.79 Å². The molecule has 4 nitrogen and oxygen atoms in total. The van der Waals surface area contributed by atoms with E-state index in [1.54, 1.807) is 0 Å². The van der Waals surface area contributed by atoms with Gasteiger partial charge in [0.2, 0.25) is 0 Å². The Hall–Kier alpha value is -2.11. The van der Waals surface area contributed by atoms with E-state index in [2.05, 4.69) is 10.3 Å². The number of nitrogens with zero attached hydrogens (tertiary/aromatic N) is 1. The number of aromatic nitrogens is 1. The van der Waals surface area contributed by atoms with Gasteiger partial charge in [-0.15, -0.1) is 11.3 Å². The summed E-state index contributed by atoms with van der Waals surface area (Å²) in [5, 5.41) is 4.38. The lowest BCUT2D eigenvalue weighted by Crippen LogP contribution is -2.25. The Kier molecular flexibility index (Phi) is 5.02. The van der Waals surface area contributed by atoms with Gasteiger partial charge in [0.1, 0.15) is 10.6 Å². The maximum absolute atomic E-state index is 12.4. The smallest absolute Gasteiger partial charge is 0.263 e. The van der Waals surface area contributed by atoms with Crippen LogP contribution >= 0.6 is 22.9 Å². The lowest BCUT2D eigenvalue weighted by Gasteiger charge is -2.04. The highest BCUT2D eigenvalue weighted by atomic mass is 35.5. The van der Waals surface area contributed by atoms with Crippen molar-refractivity contribution in [3.63, 3.8) is 0 Å². The molecule has 0 bridgehead atoms. The second-order valence-electron chi connectivity index (χ2n) is 5.48. The number of furan rings is 1. The number of nitrogens with one attached hydrogen (secondary N) is 1. The van der Waals surface area contributed by atoms with Crippen molar-refractivity contribution >= 4 is 28.8 Å². The second-order valence-corrected chi connectivity index (χ2v) is 6.91. The number of amides is 1. The lowest BCUT2D eigenvalue weighted by molar-refractivity contribution is 0.0957. The number of rotatable bonds is 5. The topological polar surface area (TPSA) is 55.1 Å². The third-order valence-electron chi connectivity index (χ3n) is 3.57. The first-order chi connectivity index (χ1) is 11.5. The van der Waals surface area contributed by atoms with E-state index in [0.29, 0.717) is 27.9 Å². The molecule has 0 atom stereocenters. The van der Waals surface area contributed by atoms with Crippen LogP contribution in [0.2, 0.25) is 5.02 Å². The number of hydrogen-bond acceptors (Lipinski definition) is 4. The summed E-state index contributed by atoms with van der Waals surface area (Å²) in [6, 6.07) is 11.4. The number of hydrogen-bond donors (Lipinski definition) is 1. The molecule has 124 valence electrons. The Morgan fingerprint density at radius 3 is 2.62 bits per heavy atom. The Morgan fingerprint density at radius 1 is 1.21 bits per heavy atom. The zero-order valence-corrected chi connectivity index (χ0v) is 15.0. The Morgan fingerprint density at radius 2 is 1.96 bits per heavy atom. The Balaban J connectivity index is 1.62. The summed E-state index contributed by atoms with van der Waals surface area (Å²) in [5.74, 6) is 1.42. The first-order valence-electron chi connectivity index (χ1n) is 7.60. The van der Waals surface area contributed by atoms with E-state index in [-0.39, 0.29) is 5.91 Å². The van der Waals surface area contributed by atoms with Gasteiger partial charge < -0.3 is 9.73 Å². The summed E-state index contributed by atoms with van der Waals surface area (Å²) in [6.07, 6.45) is 0.755. The summed E-state index contributed by atoms with van der Waals surface area (Å²) in [7, 11) is 0. The van der Waals surface area contributed by atoms with Gasteiger partial charge in [-0.2, -0.15) is 0 Å². The van der Waals surface area contributed by atoms with E-state index in [1.807, 2.05) is 50.2 Å². The van der Waals surface area contributed by atoms with Crippen LogP contribution in [0.15, 0.2) is 40.8 Å². The van der Waals surface area contributed by atoms with Crippen LogP contribution in [0, 0.1) is 13.8 Å². The summed E-state index contributed by atoms with van der Waals surface area (Å²) < 4.78 is 5.57. The number of halogens is 1. The molecule has 3 rings (SSSR count). The SMILES string of the molecule is Cc1ccc(-c2nc(C)c(C(=O)NCCc3ccc(Cl)cc3)s2)o1. The van der Waals surface area contributed by atoms with E-state index < -0.39 is 0 Å². The zero-order chi connectivity index (χ0) is 17.1. The molecule has 0 saturated heterocycles. The van der Waals surface area contributed by atoms with Crippen molar-refractivity contribution < 1.29 is 9.21 Å². The maximum Gasteiger partial charge on any atom is 0.263 e. The predicted molar refractivity (Wildman–Crippen MR) is 96.8 cm³/mol. The van der Waals surface area contributed by atoms with Crippen LogP contribution in [0.25, 0.3) is 10.8 Å². The summed E-state index contributed by atoms with van der Waals surface area (Å²) in [5.41, 5.74) is 1.85. The Bertz CT molecular complexity index is 852. The van der Waals surface area contributed by atoms with Gasteiger partial charge in [0, 0.05) is 11.6 Å². The van der Waals surface area contributed by atoms with Crippen LogP contribution in [0.1, 0.15) is 26.7 Å². The maximum atomic E-state index is 12.4. The Labute approximate surface area is 149 Å². The van der Waals surface area contributed by atoms with E-state index in [4.69, 9.17) is 16.0 Å². The number of carbonyl (C=O) groups excluding carboxylic acids is 1. The van der Waals surface area contributed by atoms with E-state index in [1.165, 1.54) is 11.3 Å². The van der Waals surface area contributed by atoms with Crippen molar-refractivity contribution in [1.82, 2.24) is 10.3 Å². The number of carbonyl (C=O) groups is 1.